The van der Waals surface area contributed by atoms with Gasteiger partial charge < -0.3 is 11.5 Å². The molecule has 2 unspecified atom stereocenters. The lowest BCUT2D eigenvalue weighted by Gasteiger charge is -2.30. The Labute approximate surface area is 124 Å². The van der Waals surface area contributed by atoms with Gasteiger partial charge in [0.2, 0.25) is 0 Å². The van der Waals surface area contributed by atoms with E-state index in [4.69, 9.17) is 23.1 Å². The minimum absolute atomic E-state index is 0.164. The fourth-order valence-corrected chi connectivity index (χ4v) is 3.28. The van der Waals surface area contributed by atoms with Crippen LogP contribution in [0.2, 0.25) is 5.02 Å². The Morgan fingerprint density at radius 3 is 2.95 bits per heavy atom. The fourth-order valence-electron chi connectivity index (χ4n) is 3.11. The molecule has 1 aromatic carbocycles. The van der Waals surface area contributed by atoms with Crippen LogP contribution in [-0.4, -0.2) is 4.98 Å². The van der Waals surface area contributed by atoms with Gasteiger partial charge in [-0.05, 0) is 36.5 Å². The summed E-state index contributed by atoms with van der Waals surface area (Å²) in [6.45, 7) is 0. The molecular formula is C16H18ClN3. The number of anilines is 1. The first-order valence-corrected chi connectivity index (χ1v) is 7.29. The van der Waals surface area contributed by atoms with Crippen LogP contribution >= 0.6 is 11.6 Å². The van der Waals surface area contributed by atoms with Crippen LogP contribution in [-0.2, 0) is 6.42 Å². The zero-order chi connectivity index (χ0) is 14.1. The molecule has 0 fully saturated rings. The van der Waals surface area contributed by atoms with Gasteiger partial charge >= 0.3 is 0 Å². The molecule has 3 rings (SSSR count). The van der Waals surface area contributed by atoms with Crippen molar-refractivity contribution in [3.8, 4) is 0 Å². The molecule has 2 aromatic rings. The zero-order valence-corrected chi connectivity index (χ0v) is 12.0. The van der Waals surface area contributed by atoms with E-state index in [2.05, 4.69) is 29.2 Å². The molecule has 2 atom stereocenters. The fraction of sp³-hybridized carbons (Fsp3) is 0.312. The maximum atomic E-state index is 6.48. The number of aryl methyl sites for hydroxylation is 1. The first-order valence-electron chi connectivity index (χ1n) is 6.91. The van der Waals surface area contributed by atoms with Crippen LogP contribution in [0.15, 0.2) is 36.5 Å². The number of aromatic nitrogens is 1. The van der Waals surface area contributed by atoms with Crippen LogP contribution in [0.1, 0.15) is 41.5 Å². The van der Waals surface area contributed by atoms with Gasteiger partial charge in [-0.3, -0.25) is 0 Å². The lowest BCUT2D eigenvalue weighted by atomic mass is 9.77. The number of hydrogen-bond donors (Lipinski definition) is 2. The number of rotatable bonds is 2. The Morgan fingerprint density at radius 1 is 1.30 bits per heavy atom. The molecule has 1 heterocycles. The molecule has 20 heavy (non-hydrogen) atoms. The second-order valence-corrected chi connectivity index (χ2v) is 5.79. The number of fused-ring (bicyclic) bond motifs is 1. The van der Waals surface area contributed by atoms with E-state index in [1.165, 1.54) is 11.1 Å². The van der Waals surface area contributed by atoms with Crippen LogP contribution in [0.4, 0.5) is 5.82 Å². The number of nitrogen functional groups attached to an aromatic ring is 1. The van der Waals surface area contributed by atoms with E-state index in [-0.39, 0.29) is 12.0 Å². The topological polar surface area (TPSA) is 64.9 Å². The van der Waals surface area contributed by atoms with Crippen LogP contribution in [0.3, 0.4) is 0 Å². The predicted molar refractivity (Wildman–Crippen MR) is 82.7 cm³/mol. The average molecular weight is 288 g/mol. The summed E-state index contributed by atoms with van der Waals surface area (Å²) in [4.78, 5) is 4.12. The molecule has 104 valence electrons. The van der Waals surface area contributed by atoms with Gasteiger partial charge in [-0.1, -0.05) is 35.9 Å². The second kappa shape index (κ2) is 5.43. The normalized spacial score (nSPS) is 19.4. The highest BCUT2D eigenvalue weighted by Gasteiger charge is 2.27. The van der Waals surface area contributed by atoms with Gasteiger partial charge in [0.05, 0.1) is 5.02 Å². The Balaban J connectivity index is 1.99. The van der Waals surface area contributed by atoms with Gasteiger partial charge in [0.25, 0.3) is 0 Å². The van der Waals surface area contributed by atoms with Gasteiger partial charge in [-0.15, -0.1) is 0 Å². The third-order valence-corrected chi connectivity index (χ3v) is 4.33. The summed E-state index contributed by atoms with van der Waals surface area (Å²) in [5, 5.41) is 0.578. The van der Waals surface area contributed by atoms with Crippen molar-refractivity contribution >= 4 is 17.4 Å². The van der Waals surface area contributed by atoms with Crippen molar-refractivity contribution in [2.45, 2.75) is 31.2 Å². The molecule has 1 aliphatic carbocycles. The quantitative estimate of drug-likeness (QED) is 0.889. The van der Waals surface area contributed by atoms with E-state index in [9.17, 15) is 0 Å². The lowest BCUT2D eigenvalue weighted by Crippen LogP contribution is -2.24. The maximum Gasteiger partial charge on any atom is 0.128 e. The van der Waals surface area contributed by atoms with Gasteiger partial charge in [0, 0.05) is 23.7 Å². The van der Waals surface area contributed by atoms with Crippen LogP contribution in [0.25, 0.3) is 0 Å². The van der Waals surface area contributed by atoms with Crippen molar-refractivity contribution in [1.82, 2.24) is 4.98 Å². The summed E-state index contributed by atoms with van der Waals surface area (Å²) in [5.74, 6) is 0.757. The van der Waals surface area contributed by atoms with Crippen molar-refractivity contribution in [1.29, 1.82) is 0 Å². The largest absolute Gasteiger partial charge is 0.383 e. The molecule has 3 nitrogen and oxygen atoms in total. The van der Waals surface area contributed by atoms with E-state index in [0.717, 1.165) is 24.8 Å². The van der Waals surface area contributed by atoms with Crippen molar-refractivity contribution in [3.63, 3.8) is 0 Å². The Morgan fingerprint density at radius 2 is 2.10 bits per heavy atom. The third-order valence-electron chi connectivity index (χ3n) is 4.12. The van der Waals surface area contributed by atoms with Gasteiger partial charge in [-0.25, -0.2) is 4.98 Å². The molecular weight excluding hydrogens is 270 g/mol. The number of halogens is 1. The van der Waals surface area contributed by atoms with E-state index in [1.807, 2.05) is 6.07 Å². The highest BCUT2D eigenvalue weighted by atomic mass is 35.5. The molecule has 4 N–H and O–H groups in total. The molecule has 0 saturated heterocycles. The molecule has 4 heteroatoms. The number of hydrogen-bond acceptors (Lipinski definition) is 3. The second-order valence-electron chi connectivity index (χ2n) is 5.35. The Bertz CT molecular complexity index is 627. The van der Waals surface area contributed by atoms with E-state index < -0.39 is 0 Å². The smallest absolute Gasteiger partial charge is 0.128 e. The highest BCUT2D eigenvalue weighted by Crippen LogP contribution is 2.40. The third kappa shape index (κ3) is 2.39. The summed E-state index contributed by atoms with van der Waals surface area (Å²) >= 11 is 6.03. The molecule has 0 bridgehead atoms. The summed E-state index contributed by atoms with van der Waals surface area (Å²) < 4.78 is 0. The van der Waals surface area contributed by atoms with Gasteiger partial charge in [0.1, 0.15) is 5.82 Å². The van der Waals surface area contributed by atoms with Crippen LogP contribution in [0.5, 0.6) is 0 Å². The molecule has 0 saturated carbocycles. The minimum Gasteiger partial charge on any atom is -0.383 e. The van der Waals surface area contributed by atoms with Gasteiger partial charge in [-0.2, -0.15) is 0 Å². The molecule has 1 aromatic heterocycles. The number of nitrogens with two attached hydrogens (primary N) is 2. The van der Waals surface area contributed by atoms with E-state index >= 15 is 0 Å². The van der Waals surface area contributed by atoms with E-state index in [1.54, 1.807) is 6.20 Å². The summed E-state index contributed by atoms with van der Waals surface area (Å²) in [6.07, 6.45) is 4.91. The molecule has 0 spiro atoms. The molecule has 0 amide bonds. The Kier molecular flexibility index (Phi) is 3.64. The van der Waals surface area contributed by atoms with Gasteiger partial charge in [0.15, 0.2) is 0 Å². The van der Waals surface area contributed by atoms with Crippen LogP contribution in [0, 0.1) is 0 Å². The summed E-state index contributed by atoms with van der Waals surface area (Å²) in [5.41, 5.74) is 16.0. The van der Waals surface area contributed by atoms with Crippen LogP contribution < -0.4 is 11.5 Å². The minimum atomic E-state index is -0.164. The average Bonchev–Trinajstić information content (AvgIpc) is 2.48. The summed E-state index contributed by atoms with van der Waals surface area (Å²) in [7, 11) is 0. The molecule has 0 radical (unpaired) electrons. The monoisotopic (exact) mass is 287 g/mol. The molecule has 1 aliphatic rings. The number of benzene rings is 1. The van der Waals surface area contributed by atoms with Crippen molar-refractivity contribution in [3.05, 3.63) is 58.2 Å². The summed E-state index contributed by atoms with van der Waals surface area (Å²) in [6, 6.07) is 10.2. The predicted octanol–water partition coefficient (Wildman–Crippen LogP) is 3.44. The first kappa shape index (κ1) is 13.4. The lowest BCUT2D eigenvalue weighted by molar-refractivity contribution is 0.475. The highest BCUT2D eigenvalue weighted by molar-refractivity contribution is 6.30. The maximum absolute atomic E-state index is 6.48. The van der Waals surface area contributed by atoms with E-state index in [0.29, 0.717) is 10.8 Å². The standard InChI is InChI=1S/C16H18ClN3/c17-11-8-14(16(19)20-9-11)15(18)13-7-3-5-10-4-1-2-6-12(10)13/h1-2,4,6,8-9,13,15H,3,5,7,18H2,(H2,19,20). The van der Waals surface area contributed by atoms with Crippen molar-refractivity contribution in [2.75, 3.05) is 5.73 Å². The van der Waals surface area contributed by atoms with Crippen molar-refractivity contribution < 1.29 is 0 Å². The van der Waals surface area contributed by atoms with Crippen molar-refractivity contribution in [2.24, 2.45) is 5.73 Å². The SMILES string of the molecule is Nc1ncc(Cl)cc1C(N)C1CCCc2ccccc21. The first-order chi connectivity index (χ1) is 9.66. The zero-order valence-electron chi connectivity index (χ0n) is 11.2. The Hall–Kier alpha value is -1.58. The number of pyridine rings is 1. The number of nitrogens with zero attached hydrogens (tertiary/aromatic N) is 1. The molecule has 0 aliphatic heterocycles.